The molecule has 3 N–H and O–H groups in total. The fourth-order valence-electron chi connectivity index (χ4n) is 1.72. The van der Waals surface area contributed by atoms with Gasteiger partial charge >= 0.3 is 0 Å². The summed E-state index contributed by atoms with van der Waals surface area (Å²) in [6, 6.07) is 6.75. The molecule has 2 rings (SSSR count). The third kappa shape index (κ3) is 2.18. The van der Waals surface area contributed by atoms with Gasteiger partial charge in [-0.1, -0.05) is 19.1 Å². The van der Waals surface area contributed by atoms with E-state index in [-0.39, 0.29) is 10.9 Å². The van der Waals surface area contributed by atoms with Crippen molar-refractivity contribution in [3.8, 4) is 0 Å². The van der Waals surface area contributed by atoms with E-state index >= 15 is 0 Å². The highest BCUT2D eigenvalue weighted by Gasteiger charge is 2.30. The number of hydrogen-bond acceptors (Lipinski definition) is 4. The zero-order valence-electron chi connectivity index (χ0n) is 9.55. The Hall–Kier alpha value is -1.40. The molecule has 0 saturated carbocycles. The van der Waals surface area contributed by atoms with Crippen molar-refractivity contribution in [1.29, 1.82) is 0 Å². The van der Waals surface area contributed by atoms with Crippen LogP contribution >= 0.6 is 0 Å². The van der Waals surface area contributed by atoms with Gasteiger partial charge in [0.25, 0.3) is 10.0 Å². The van der Waals surface area contributed by atoms with Gasteiger partial charge in [-0.15, -0.1) is 0 Å². The van der Waals surface area contributed by atoms with E-state index in [2.05, 4.69) is 9.71 Å². The number of aliphatic imine (C=N–C) groups is 1. The zero-order valence-corrected chi connectivity index (χ0v) is 10.4. The molecule has 0 bridgehead atoms. The summed E-state index contributed by atoms with van der Waals surface area (Å²) in [5, 5.41) is 0. The van der Waals surface area contributed by atoms with Crippen LogP contribution < -0.4 is 10.5 Å². The number of nitrogens with one attached hydrogen (secondary N) is 1. The van der Waals surface area contributed by atoms with Crippen LogP contribution in [0.15, 0.2) is 34.2 Å². The minimum Gasteiger partial charge on any atom is -0.328 e. The van der Waals surface area contributed by atoms with Crippen molar-refractivity contribution < 1.29 is 8.42 Å². The Kier molecular flexibility index (Phi) is 3.17. The van der Waals surface area contributed by atoms with Crippen LogP contribution in [0.1, 0.15) is 18.9 Å². The first kappa shape index (κ1) is 12.1. The molecule has 6 heteroatoms. The van der Waals surface area contributed by atoms with Crippen LogP contribution in [0.2, 0.25) is 0 Å². The fourth-order valence-corrected chi connectivity index (χ4v) is 2.96. The molecule has 0 saturated heterocycles. The maximum Gasteiger partial charge on any atom is 0.263 e. The average molecular weight is 253 g/mol. The third-order valence-corrected chi connectivity index (χ3v) is 4.11. The van der Waals surface area contributed by atoms with Crippen LogP contribution in [0.4, 0.5) is 0 Å². The molecule has 0 amide bonds. The number of hydrogen-bond donors (Lipinski definition) is 2. The molecule has 1 aliphatic rings. The van der Waals surface area contributed by atoms with Gasteiger partial charge in [-0.3, -0.25) is 9.71 Å². The van der Waals surface area contributed by atoms with Gasteiger partial charge < -0.3 is 5.73 Å². The van der Waals surface area contributed by atoms with Gasteiger partial charge in [0.1, 0.15) is 5.84 Å². The highest BCUT2D eigenvalue weighted by molar-refractivity contribution is 7.90. The van der Waals surface area contributed by atoms with Gasteiger partial charge in [0.05, 0.1) is 10.9 Å². The second kappa shape index (κ2) is 4.46. The van der Waals surface area contributed by atoms with Crippen molar-refractivity contribution in [3.05, 3.63) is 29.8 Å². The zero-order chi connectivity index (χ0) is 12.5. The van der Waals surface area contributed by atoms with Crippen LogP contribution in [0.25, 0.3) is 0 Å². The lowest BCUT2D eigenvalue weighted by molar-refractivity contribution is 0.594. The monoisotopic (exact) mass is 253 g/mol. The number of benzene rings is 1. The lowest BCUT2D eigenvalue weighted by Gasteiger charge is -2.07. The normalized spacial score (nSPS) is 20.9. The van der Waals surface area contributed by atoms with Gasteiger partial charge in [0.15, 0.2) is 0 Å². The minimum atomic E-state index is -3.44. The topological polar surface area (TPSA) is 84.5 Å². The summed E-state index contributed by atoms with van der Waals surface area (Å²) in [6.07, 6.45) is 0.782. The summed E-state index contributed by atoms with van der Waals surface area (Å²) in [5.74, 6) is 0.401. The maximum absolute atomic E-state index is 11.8. The summed E-state index contributed by atoms with van der Waals surface area (Å²) in [6.45, 7) is 2.38. The minimum absolute atomic E-state index is 0.0566. The SMILES string of the molecule is CCC(CN)N=C1NS(=O)(=O)c2ccccc21. The number of nitrogens with zero attached hydrogens (tertiary/aromatic N) is 1. The van der Waals surface area contributed by atoms with Crippen LogP contribution in [-0.2, 0) is 10.0 Å². The van der Waals surface area contributed by atoms with Crippen molar-refractivity contribution in [2.75, 3.05) is 6.54 Å². The van der Waals surface area contributed by atoms with Crippen LogP contribution in [0, 0.1) is 0 Å². The molecule has 92 valence electrons. The van der Waals surface area contributed by atoms with E-state index in [9.17, 15) is 8.42 Å². The Balaban J connectivity index is 2.48. The van der Waals surface area contributed by atoms with Crippen molar-refractivity contribution in [2.45, 2.75) is 24.3 Å². The van der Waals surface area contributed by atoms with E-state index in [1.54, 1.807) is 24.3 Å². The van der Waals surface area contributed by atoms with Gasteiger partial charge in [0, 0.05) is 12.1 Å². The smallest absolute Gasteiger partial charge is 0.263 e. The van der Waals surface area contributed by atoms with Crippen LogP contribution in [-0.4, -0.2) is 26.8 Å². The molecule has 0 aromatic heterocycles. The van der Waals surface area contributed by atoms with Gasteiger partial charge in [-0.25, -0.2) is 8.42 Å². The molecule has 1 aromatic rings. The molecular formula is C11H15N3O2S. The highest BCUT2D eigenvalue weighted by Crippen LogP contribution is 2.22. The summed E-state index contributed by atoms with van der Waals surface area (Å²) in [5.41, 5.74) is 6.19. The predicted molar refractivity (Wildman–Crippen MR) is 66.4 cm³/mol. The number of nitrogens with two attached hydrogens (primary N) is 1. The summed E-state index contributed by atoms with van der Waals surface area (Å²) < 4.78 is 26.1. The van der Waals surface area contributed by atoms with E-state index in [0.717, 1.165) is 6.42 Å². The molecule has 5 nitrogen and oxygen atoms in total. The Morgan fingerprint density at radius 1 is 1.41 bits per heavy atom. The second-order valence-corrected chi connectivity index (χ2v) is 5.53. The molecule has 0 spiro atoms. The quantitative estimate of drug-likeness (QED) is 0.820. The first-order valence-electron chi connectivity index (χ1n) is 5.48. The molecule has 1 unspecified atom stereocenters. The summed E-state index contributed by atoms with van der Waals surface area (Å²) >= 11 is 0. The number of amidine groups is 1. The Morgan fingerprint density at radius 3 is 2.76 bits per heavy atom. The number of rotatable bonds is 3. The molecule has 1 atom stereocenters. The summed E-state index contributed by atoms with van der Waals surface area (Å²) in [7, 11) is -3.44. The van der Waals surface area contributed by atoms with Crippen molar-refractivity contribution in [2.24, 2.45) is 10.7 Å². The number of fused-ring (bicyclic) bond motifs is 1. The molecule has 0 aliphatic carbocycles. The van der Waals surface area contributed by atoms with E-state index in [1.807, 2.05) is 6.92 Å². The maximum atomic E-state index is 11.8. The molecule has 1 aromatic carbocycles. The average Bonchev–Trinajstić information content (AvgIpc) is 2.59. The van der Waals surface area contributed by atoms with E-state index in [0.29, 0.717) is 17.9 Å². The summed E-state index contributed by atoms with van der Waals surface area (Å²) in [4.78, 5) is 4.63. The highest BCUT2D eigenvalue weighted by atomic mass is 32.2. The van der Waals surface area contributed by atoms with Crippen LogP contribution in [0.5, 0.6) is 0 Å². The first-order chi connectivity index (χ1) is 8.08. The molecule has 17 heavy (non-hydrogen) atoms. The first-order valence-corrected chi connectivity index (χ1v) is 6.97. The largest absolute Gasteiger partial charge is 0.328 e. The number of sulfonamides is 1. The van der Waals surface area contributed by atoms with E-state index in [1.165, 1.54) is 0 Å². The van der Waals surface area contributed by atoms with Gasteiger partial charge in [-0.05, 0) is 18.6 Å². The second-order valence-electron chi connectivity index (χ2n) is 3.88. The fraction of sp³-hybridized carbons (Fsp3) is 0.364. The molecular weight excluding hydrogens is 238 g/mol. The molecule has 0 fully saturated rings. The lowest BCUT2D eigenvalue weighted by Crippen LogP contribution is -2.26. The lowest BCUT2D eigenvalue weighted by atomic mass is 10.2. The van der Waals surface area contributed by atoms with Crippen LogP contribution in [0.3, 0.4) is 0 Å². The van der Waals surface area contributed by atoms with Crippen molar-refractivity contribution in [3.63, 3.8) is 0 Å². The van der Waals surface area contributed by atoms with Crippen molar-refractivity contribution in [1.82, 2.24) is 4.72 Å². The van der Waals surface area contributed by atoms with E-state index in [4.69, 9.17) is 5.73 Å². The standard InChI is InChI=1S/C11H15N3O2S/c1-2-8(7-12)13-11-9-5-3-4-6-10(9)17(15,16)14-11/h3-6,8H,2,7,12H2,1H3,(H,13,14). The molecule has 0 radical (unpaired) electrons. The Bertz CT molecular complexity index is 548. The van der Waals surface area contributed by atoms with Gasteiger partial charge in [0.2, 0.25) is 0 Å². The van der Waals surface area contributed by atoms with E-state index < -0.39 is 10.0 Å². The Labute approximate surface area is 101 Å². The van der Waals surface area contributed by atoms with Crippen molar-refractivity contribution >= 4 is 15.9 Å². The van der Waals surface area contributed by atoms with Gasteiger partial charge in [-0.2, -0.15) is 0 Å². The molecule has 1 heterocycles. The Morgan fingerprint density at radius 2 is 2.12 bits per heavy atom. The predicted octanol–water partition coefficient (Wildman–Crippen LogP) is 0.462. The molecule has 1 aliphatic heterocycles. The third-order valence-electron chi connectivity index (χ3n) is 2.72.